The standard InChI is InChI=1S/C17H27N3O2S/c1-11(2)16-18-12(3)15(23-16)17(22)20-9-7-19(8-10-20)13-5-4-6-14(13)21/h11,13-14,21H,4-10H2,1-3H3/t13-,14+/m0/s1. The highest BCUT2D eigenvalue weighted by atomic mass is 32.1. The fraction of sp³-hybridized carbons (Fsp3) is 0.765. The summed E-state index contributed by atoms with van der Waals surface area (Å²) < 4.78 is 0. The lowest BCUT2D eigenvalue weighted by Gasteiger charge is -2.39. The summed E-state index contributed by atoms with van der Waals surface area (Å²) in [6.07, 6.45) is 2.93. The normalized spacial score (nSPS) is 26.2. The molecule has 2 atom stereocenters. The van der Waals surface area contributed by atoms with E-state index in [9.17, 15) is 9.90 Å². The molecule has 1 saturated heterocycles. The van der Waals surface area contributed by atoms with Crippen molar-refractivity contribution in [2.24, 2.45) is 0 Å². The van der Waals surface area contributed by atoms with Crippen LogP contribution in [-0.4, -0.2) is 64.1 Å². The van der Waals surface area contributed by atoms with Gasteiger partial charge in [0, 0.05) is 38.1 Å². The quantitative estimate of drug-likeness (QED) is 0.919. The van der Waals surface area contributed by atoms with Gasteiger partial charge in [-0.15, -0.1) is 11.3 Å². The first-order valence-corrected chi connectivity index (χ1v) is 9.47. The topological polar surface area (TPSA) is 56.7 Å². The number of thiazole rings is 1. The SMILES string of the molecule is Cc1nc(C(C)C)sc1C(=O)N1CCN([C@H]2CCC[C@H]2O)CC1. The van der Waals surface area contributed by atoms with Gasteiger partial charge < -0.3 is 10.0 Å². The van der Waals surface area contributed by atoms with Crippen LogP contribution >= 0.6 is 11.3 Å². The number of amides is 1. The molecule has 2 heterocycles. The number of rotatable bonds is 3. The van der Waals surface area contributed by atoms with E-state index in [-0.39, 0.29) is 12.0 Å². The van der Waals surface area contributed by atoms with Gasteiger partial charge in [0.2, 0.25) is 0 Å². The van der Waals surface area contributed by atoms with Crippen LogP contribution in [0.5, 0.6) is 0 Å². The molecule has 2 aliphatic rings. The van der Waals surface area contributed by atoms with Gasteiger partial charge in [-0.25, -0.2) is 4.98 Å². The lowest BCUT2D eigenvalue weighted by atomic mass is 10.1. The molecule has 0 spiro atoms. The number of hydrogen-bond donors (Lipinski definition) is 1. The fourth-order valence-corrected chi connectivity index (χ4v) is 4.65. The summed E-state index contributed by atoms with van der Waals surface area (Å²) in [7, 11) is 0. The van der Waals surface area contributed by atoms with Crippen molar-refractivity contribution in [2.45, 2.75) is 58.1 Å². The highest BCUT2D eigenvalue weighted by Gasteiger charge is 2.34. The Labute approximate surface area is 142 Å². The third-order valence-corrected chi connectivity index (χ3v) is 6.46. The second-order valence-electron chi connectivity index (χ2n) is 7.02. The van der Waals surface area contributed by atoms with E-state index in [0.717, 1.165) is 61.0 Å². The zero-order valence-electron chi connectivity index (χ0n) is 14.3. The zero-order chi connectivity index (χ0) is 16.6. The molecule has 1 amide bonds. The average Bonchev–Trinajstić information content (AvgIpc) is 3.13. The van der Waals surface area contributed by atoms with Crippen LogP contribution in [0.4, 0.5) is 0 Å². The minimum absolute atomic E-state index is 0.124. The minimum Gasteiger partial charge on any atom is -0.391 e. The van der Waals surface area contributed by atoms with Crippen molar-refractivity contribution in [1.82, 2.24) is 14.8 Å². The minimum atomic E-state index is -0.186. The van der Waals surface area contributed by atoms with Crippen molar-refractivity contribution in [3.8, 4) is 0 Å². The van der Waals surface area contributed by atoms with Gasteiger partial charge in [-0.05, 0) is 26.2 Å². The van der Waals surface area contributed by atoms with Gasteiger partial charge >= 0.3 is 0 Å². The van der Waals surface area contributed by atoms with E-state index in [1.54, 1.807) is 0 Å². The first-order valence-electron chi connectivity index (χ1n) is 8.66. The Morgan fingerprint density at radius 1 is 1.26 bits per heavy atom. The molecule has 1 saturated carbocycles. The van der Waals surface area contributed by atoms with Crippen LogP contribution in [0.15, 0.2) is 0 Å². The van der Waals surface area contributed by atoms with Gasteiger partial charge in [0.15, 0.2) is 0 Å². The molecule has 1 N–H and O–H groups in total. The Balaban J connectivity index is 1.62. The Hall–Kier alpha value is -0.980. The lowest BCUT2D eigenvalue weighted by Crippen LogP contribution is -2.53. The number of piperazine rings is 1. The molecule has 6 heteroatoms. The van der Waals surface area contributed by atoms with Gasteiger partial charge in [0.25, 0.3) is 5.91 Å². The molecular weight excluding hydrogens is 310 g/mol. The predicted octanol–water partition coefficient (Wildman–Crippen LogP) is 2.25. The number of nitrogens with zero attached hydrogens (tertiary/aromatic N) is 3. The molecule has 0 unspecified atom stereocenters. The van der Waals surface area contributed by atoms with E-state index in [1.165, 1.54) is 11.3 Å². The second-order valence-corrected chi connectivity index (χ2v) is 8.05. The summed E-state index contributed by atoms with van der Waals surface area (Å²) >= 11 is 1.54. The Kier molecular flexibility index (Phi) is 5.04. The van der Waals surface area contributed by atoms with E-state index in [2.05, 4.69) is 23.7 Å². The fourth-order valence-electron chi connectivity index (χ4n) is 3.61. The van der Waals surface area contributed by atoms with Crippen LogP contribution in [0.3, 0.4) is 0 Å². The zero-order valence-corrected chi connectivity index (χ0v) is 15.1. The molecule has 128 valence electrons. The summed E-state index contributed by atoms with van der Waals surface area (Å²) in [5.74, 6) is 0.486. The van der Waals surface area contributed by atoms with Crippen LogP contribution in [0.2, 0.25) is 0 Å². The van der Waals surface area contributed by atoms with Crippen molar-refractivity contribution < 1.29 is 9.90 Å². The predicted molar refractivity (Wildman–Crippen MR) is 92.1 cm³/mol. The molecule has 5 nitrogen and oxygen atoms in total. The lowest BCUT2D eigenvalue weighted by molar-refractivity contribution is 0.0317. The third-order valence-electron chi connectivity index (χ3n) is 5.02. The van der Waals surface area contributed by atoms with Gasteiger partial charge in [-0.3, -0.25) is 9.69 Å². The van der Waals surface area contributed by atoms with E-state index in [4.69, 9.17) is 0 Å². The Bertz CT molecular complexity index is 564. The largest absolute Gasteiger partial charge is 0.391 e. The molecule has 2 fully saturated rings. The number of hydrogen-bond acceptors (Lipinski definition) is 5. The van der Waals surface area contributed by atoms with E-state index in [0.29, 0.717) is 12.0 Å². The average molecular weight is 337 g/mol. The highest BCUT2D eigenvalue weighted by Crippen LogP contribution is 2.28. The maximum Gasteiger partial charge on any atom is 0.265 e. The molecule has 0 aromatic carbocycles. The number of aliphatic hydroxyl groups is 1. The molecular formula is C17H27N3O2S. The van der Waals surface area contributed by atoms with Crippen LogP contribution in [0.1, 0.15) is 59.4 Å². The number of aromatic nitrogens is 1. The third kappa shape index (κ3) is 3.44. The number of carbonyl (C=O) groups is 1. The van der Waals surface area contributed by atoms with Gasteiger partial charge in [-0.1, -0.05) is 13.8 Å². The number of aliphatic hydroxyl groups excluding tert-OH is 1. The first-order chi connectivity index (χ1) is 11.0. The van der Waals surface area contributed by atoms with Crippen LogP contribution < -0.4 is 0 Å². The van der Waals surface area contributed by atoms with Crippen LogP contribution in [0, 0.1) is 6.92 Å². The van der Waals surface area contributed by atoms with E-state index >= 15 is 0 Å². The van der Waals surface area contributed by atoms with E-state index in [1.807, 2.05) is 11.8 Å². The summed E-state index contributed by atoms with van der Waals surface area (Å²) in [5.41, 5.74) is 0.859. The molecule has 1 aromatic rings. The van der Waals surface area contributed by atoms with Crippen molar-refractivity contribution in [3.05, 3.63) is 15.6 Å². The highest BCUT2D eigenvalue weighted by molar-refractivity contribution is 7.13. The number of carbonyl (C=O) groups excluding carboxylic acids is 1. The molecule has 0 radical (unpaired) electrons. The van der Waals surface area contributed by atoms with E-state index < -0.39 is 0 Å². The second kappa shape index (κ2) is 6.87. The monoisotopic (exact) mass is 337 g/mol. The molecule has 1 aliphatic heterocycles. The molecule has 0 bridgehead atoms. The number of aryl methyl sites for hydroxylation is 1. The summed E-state index contributed by atoms with van der Waals surface area (Å²) in [4.78, 5) is 22.4. The molecule has 23 heavy (non-hydrogen) atoms. The smallest absolute Gasteiger partial charge is 0.265 e. The summed E-state index contributed by atoms with van der Waals surface area (Å²) in [6, 6.07) is 0.296. The van der Waals surface area contributed by atoms with Crippen LogP contribution in [0.25, 0.3) is 0 Å². The summed E-state index contributed by atoms with van der Waals surface area (Å²) in [5, 5.41) is 11.1. The van der Waals surface area contributed by atoms with Crippen LogP contribution in [-0.2, 0) is 0 Å². The van der Waals surface area contributed by atoms with Crippen molar-refractivity contribution in [3.63, 3.8) is 0 Å². The Morgan fingerprint density at radius 3 is 2.48 bits per heavy atom. The van der Waals surface area contributed by atoms with Crippen molar-refractivity contribution in [1.29, 1.82) is 0 Å². The summed E-state index contributed by atoms with van der Waals surface area (Å²) in [6.45, 7) is 9.37. The molecule has 3 rings (SSSR count). The van der Waals surface area contributed by atoms with Gasteiger partial charge in [0.05, 0.1) is 16.8 Å². The van der Waals surface area contributed by atoms with Crippen molar-refractivity contribution in [2.75, 3.05) is 26.2 Å². The maximum absolute atomic E-state index is 12.8. The first kappa shape index (κ1) is 16.9. The van der Waals surface area contributed by atoms with Crippen molar-refractivity contribution >= 4 is 17.2 Å². The Morgan fingerprint density at radius 2 is 1.96 bits per heavy atom. The molecule has 1 aliphatic carbocycles. The maximum atomic E-state index is 12.8. The molecule has 1 aromatic heterocycles. The van der Waals surface area contributed by atoms with Gasteiger partial charge in [-0.2, -0.15) is 0 Å². The van der Waals surface area contributed by atoms with Gasteiger partial charge in [0.1, 0.15) is 4.88 Å².